The molecule has 0 saturated carbocycles. The fourth-order valence-corrected chi connectivity index (χ4v) is 4.41. The molecule has 1 fully saturated rings. The lowest BCUT2D eigenvalue weighted by Crippen LogP contribution is -2.42. The van der Waals surface area contributed by atoms with E-state index >= 15 is 0 Å². The molecule has 0 bridgehead atoms. The normalized spacial score (nSPS) is 16.2. The first-order valence-electron chi connectivity index (χ1n) is 14.1. The van der Waals surface area contributed by atoms with Gasteiger partial charge in [-0.3, -0.25) is 24.3 Å². The highest BCUT2D eigenvalue weighted by Gasteiger charge is 2.24. The largest absolute Gasteiger partial charge is 0.492 e. The summed E-state index contributed by atoms with van der Waals surface area (Å²) in [6, 6.07) is 9.29. The van der Waals surface area contributed by atoms with Crippen LogP contribution in [0.15, 0.2) is 36.4 Å². The molecule has 3 rings (SSSR count). The van der Waals surface area contributed by atoms with E-state index in [1.807, 2.05) is 63.5 Å². The maximum absolute atomic E-state index is 12.6. The molecule has 0 unspecified atom stereocenters. The van der Waals surface area contributed by atoms with Crippen molar-refractivity contribution in [2.75, 3.05) is 52.4 Å². The van der Waals surface area contributed by atoms with Crippen molar-refractivity contribution >= 4 is 17.9 Å². The molecule has 1 aromatic carbocycles. The minimum absolute atomic E-state index is 0.148. The van der Waals surface area contributed by atoms with Gasteiger partial charge >= 0.3 is 17.9 Å². The van der Waals surface area contributed by atoms with Gasteiger partial charge in [0, 0.05) is 57.9 Å². The van der Waals surface area contributed by atoms with Crippen LogP contribution in [0.4, 0.5) is 0 Å². The standard InChI is InChI=1S/C30H44N4O8/c1-29(2,3)40-26(37)20-32-15-13-31(14-16-33(18-17-32)21-27(38)41-30(4,5)6)19-22-7-9-23(10-8-22)28(39)42-34-24(35)11-12-25(34)36/h7-12,35-36H,13-21H2,1-6H3. The van der Waals surface area contributed by atoms with Crippen LogP contribution in [0.1, 0.15) is 57.5 Å². The van der Waals surface area contributed by atoms with Crippen LogP contribution in [0.2, 0.25) is 0 Å². The van der Waals surface area contributed by atoms with Gasteiger partial charge in [0.15, 0.2) is 0 Å². The SMILES string of the molecule is CC(C)(C)OC(=O)CN1CCN(CC(=O)OC(C)(C)C)CCN(Cc2ccc(C(=O)On3c(O)ccc3O)cc2)CC1. The maximum Gasteiger partial charge on any atom is 0.363 e. The number of rotatable bonds is 8. The van der Waals surface area contributed by atoms with Crippen LogP contribution in [0, 0.1) is 0 Å². The summed E-state index contributed by atoms with van der Waals surface area (Å²) in [5, 5.41) is 19.4. The Morgan fingerprint density at radius 2 is 1.07 bits per heavy atom. The van der Waals surface area contributed by atoms with Gasteiger partial charge < -0.3 is 24.5 Å². The lowest BCUT2D eigenvalue weighted by atomic mass is 10.1. The van der Waals surface area contributed by atoms with Crippen LogP contribution >= 0.6 is 0 Å². The fraction of sp³-hybridized carbons (Fsp3) is 0.567. The minimum atomic E-state index is -0.735. The van der Waals surface area contributed by atoms with E-state index in [0.717, 1.165) is 5.56 Å². The van der Waals surface area contributed by atoms with E-state index < -0.39 is 28.9 Å². The topological polar surface area (TPSA) is 134 Å². The van der Waals surface area contributed by atoms with Crippen molar-refractivity contribution in [3.05, 3.63) is 47.5 Å². The van der Waals surface area contributed by atoms with E-state index in [0.29, 0.717) is 50.5 Å². The number of hydrogen-bond acceptors (Lipinski definition) is 11. The molecule has 1 aliphatic heterocycles. The van der Waals surface area contributed by atoms with Crippen molar-refractivity contribution < 1.29 is 38.9 Å². The first-order chi connectivity index (χ1) is 19.6. The molecule has 0 spiro atoms. The van der Waals surface area contributed by atoms with Gasteiger partial charge in [-0.05, 0) is 59.2 Å². The zero-order chi connectivity index (χ0) is 31.1. The fourth-order valence-electron chi connectivity index (χ4n) is 4.41. The number of carbonyl (C=O) groups excluding carboxylic acids is 3. The molecular weight excluding hydrogens is 544 g/mol. The Hall–Kier alpha value is -3.61. The molecule has 0 aliphatic carbocycles. The van der Waals surface area contributed by atoms with Crippen molar-refractivity contribution in [1.82, 2.24) is 19.4 Å². The summed E-state index contributed by atoms with van der Waals surface area (Å²) in [6.45, 7) is 15.7. The predicted octanol–water partition coefficient (Wildman–Crippen LogP) is 2.27. The molecule has 1 aliphatic rings. The third-order valence-electron chi connectivity index (χ3n) is 6.31. The van der Waals surface area contributed by atoms with Crippen LogP contribution in [-0.4, -0.2) is 111 Å². The Morgan fingerprint density at radius 1 is 0.667 bits per heavy atom. The van der Waals surface area contributed by atoms with Gasteiger partial charge in [-0.25, -0.2) is 4.79 Å². The molecule has 1 saturated heterocycles. The third kappa shape index (κ3) is 11.0. The molecule has 42 heavy (non-hydrogen) atoms. The minimum Gasteiger partial charge on any atom is -0.492 e. The van der Waals surface area contributed by atoms with Gasteiger partial charge in [0.05, 0.1) is 18.7 Å². The van der Waals surface area contributed by atoms with Crippen LogP contribution in [0.5, 0.6) is 11.8 Å². The Kier molecular flexibility index (Phi) is 11.0. The number of aromatic hydroxyl groups is 2. The Labute approximate surface area is 247 Å². The van der Waals surface area contributed by atoms with E-state index in [2.05, 4.69) is 4.90 Å². The maximum atomic E-state index is 12.6. The summed E-state index contributed by atoms with van der Waals surface area (Å²) in [5.41, 5.74) is 0.0528. The molecule has 1 aromatic heterocycles. The second-order valence-corrected chi connectivity index (χ2v) is 12.4. The van der Waals surface area contributed by atoms with E-state index in [-0.39, 0.29) is 30.6 Å². The molecule has 2 heterocycles. The highest BCUT2D eigenvalue weighted by molar-refractivity contribution is 5.89. The van der Waals surface area contributed by atoms with E-state index in [9.17, 15) is 24.6 Å². The summed E-state index contributed by atoms with van der Waals surface area (Å²) in [4.78, 5) is 49.1. The zero-order valence-electron chi connectivity index (χ0n) is 25.5. The summed E-state index contributed by atoms with van der Waals surface area (Å²) < 4.78 is 11.7. The van der Waals surface area contributed by atoms with E-state index in [1.54, 1.807) is 12.1 Å². The number of aromatic nitrogens is 1. The molecule has 2 aromatic rings. The third-order valence-corrected chi connectivity index (χ3v) is 6.31. The Balaban J connectivity index is 1.68. The molecule has 232 valence electrons. The van der Waals surface area contributed by atoms with Gasteiger partial charge in [0.1, 0.15) is 11.2 Å². The van der Waals surface area contributed by atoms with Crippen molar-refractivity contribution in [3.8, 4) is 11.8 Å². The van der Waals surface area contributed by atoms with Gasteiger partial charge in [0.2, 0.25) is 11.8 Å². The summed E-state index contributed by atoms with van der Waals surface area (Å²) in [6.07, 6.45) is 0. The molecule has 0 amide bonds. The monoisotopic (exact) mass is 588 g/mol. The molecular formula is C30H44N4O8. The van der Waals surface area contributed by atoms with Crippen molar-refractivity contribution in [2.45, 2.75) is 59.3 Å². The number of nitrogens with zero attached hydrogens (tertiary/aromatic N) is 4. The average molecular weight is 589 g/mol. The second kappa shape index (κ2) is 14.0. The van der Waals surface area contributed by atoms with Crippen LogP contribution in [0.25, 0.3) is 0 Å². The Bertz CT molecular complexity index is 1150. The summed E-state index contributed by atoms with van der Waals surface area (Å²) in [5.74, 6) is -2.12. The molecule has 0 radical (unpaired) electrons. The van der Waals surface area contributed by atoms with Crippen molar-refractivity contribution in [1.29, 1.82) is 0 Å². The Morgan fingerprint density at radius 3 is 1.48 bits per heavy atom. The van der Waals surface area contributed by atoms with Crippen molar-refractivity contribution in [3.63, 3.8) is 0 Å². The van der Waals surface area contributed by atoms with Crippen molar-refractivity contribution in [2.24, 2.45) is 0 Å². The number of esters is 2. The van der Waals surface area contributed by atoms with Crippen LogP contribution in [-0.2, 0) is 25.6 Å². The first kappa shape index (κ1) is 32.9. The molecule has 2 N–H and O–H groups in total. The average Bonchev–Trinajstić information content (AvgIpc) is 3.21. The molecule has 12 nitrogen and oxygen atoms in total. The van der Waals surface area contributed by atoms with E-state index in [4.69, 9.17) is 14.3 Å². The summed E-state index contributed by atoms with van der Waals surface area (Å²) in [7, 11) is 0. The second-order valence-electron chi connectivity index (χ2n) is 12.4. The molecule has 12 heteroatoms. The lowest BCUT2D eigenvalue weighted by Gasteiger charge is -2.27. The van der Waals surface area contributed by atoms with Gasteiger partial charge in [0.25, 0.3) is 0 Å². The van der Waals surface area contributed by atoms with Gasteiger partial charge in [-0.1, -0.05) is 12.1 Å². The number of carbonyl (C=O) groups is 3. The lowest BCUT2D eigenvalue weighted by molar-refractivity contribution is -0.158. The predicted molar refractivity (Wildman–Crippen MR) is 155 cm³/mol. The number of ether oxygens (including phenoxy) is 2. The summed E-state index contributed by atoms with van der Waals surface area (Å²) >= 11 is 0. The first-order valence-corrected chi connectivity index (χ1v) is 14.1. The molecule has 0 atom stereocenters. The number of hydrogen-bond donors (Lipinski definition) is 2. The van der Waals surface area contributed by atoms with Gasteiger partial charge in [-0.2, -0.15) is 0 Å². The van der Waals surface area contributed by atoms with E-state index in [1.165, 1.54) is 12.1 Å². The van der Waals surface area contributed by atoms with Gasteiger partial charge in [-0.15, -0.1) is 4.73 Å². The highest BCUT2D eigenvalue weighted by Crippen LogP contribution is 2.20. The van der Waals surface area contributed by atoms with Crippen LogP contribution in [0.3, 0.4) is 0 Å². The highest BCUT2D eigenvalue weighted by atomic mass is 16.7. The number of benzene rings is 1. The zero-order valence-corrected chi connectivity index (χ0v) is 25.5. The van der Waals surface area contributed by atoms with Crippen LogP contribution < -0.4 is 4.84 Å². The smallest absolute Gasteiger partial charge is 0.363 e. The quantitative estimate of drug-likeness (QED) is 0.440.